The monoisotopic (exact) mass is 302 g/mol. The lowest BCUT2D eigenvalue weighted by molar-refractivity contribution is -0.120. The van der Waals surface area contributed by atoms with E-state index in [-0.39, 0.29) is 5.91 Å². The number of carbonyl (C=O) groups is 1. The number of amides is 1. The fourth-order valence-corrected chi connectivity index (χ4v) is 2.22. The third-order valence-corrected chi connectivity index (χ3v) is 3.37. The summed E-state index contributed by atoms with van der Waals surface area (Å²) in [5, 5.41) is 10.9. The van der Waals surface area contributed by atoms with Crippen molar-refractivity contribution in [2.24, 2.45) is 0 Å². The molecule has 0 aliphatic heterocycles. The number of hydrogen-bond acceptors (Lipinski definition) is 4. The molecule has 0 fully saturated rings. The highest BCUT2D eigenvalue weighted by Crippen LogP contribution is 2.12. The summed E-state index contributed by atoms with van der Waals surface area (Å²) in [4.78, 5) is 12.0. The summed E-state index contributed by atoms with van der Waals surface area (Å²) in [5.74, 6) is 1.64. The van der Waals surface area contributed by atoms with Gasteiger partial charge < -0.3 is 14.6 Å². The molecule has 0 spiro atoms. The summed E-state index contributed by atoms with van der Waals surface area (Å²) in [6.07, 6.45) is 2.73. The largest absolute Gasteiger partial charge is 0.497 e. The minimum absolute atomic E-state index is 0.0103. The molecule has 0 bridgehead atoms. The van der Waals surface area contributed by atoms with E-state index in [2.05, 4.69) is 29.4 Å². The fourth-order valence-electron chi connectivity index (χ4n) is 2.22. The fraction of sp³-hybridized carbons (Fsp3) is 0.438. The van der Waals surface area contributed by atoms with E-state index in [9.17, 15) is 4.79 Å². The summed E-state index contributed by atoms with van der Waals surface area (Å²) in [7, 11) is 1.62. The average molecular weight is 302 g/mol. The summed E-state index contributed by atoms with van der Waals surface area (Å²) < 4.78 is 7.16. The molecule has 0 radical (unpaired) electrons. The van der Waals surface area contributed by atoms with Crippen LogP contribution in [-0.2, 0) is 17.6 Å². The second-order valence-corrected chi connectivity index (χ2v) is 5.38. The number of nitrogens with one attached hydrogen (secondary N) is 1. The van der Waals surface area contributed by atoms with Gasteiger partial charge in [-0.25, -0.2) is 0 Å². The number of aromatic nitrogens is 3. The first kappa shape index (κ1) is 16.0. The first-order valence-electron chi connectivity index (χ1n) is 7.38. The maximum Gasteiger partial charge on any atom is 0.224 e. The molecule has 0 aliphatic rings. The van der Waals surface area contributed by atoms with Crippen LogP contribution in [0.15, 0.2) is 30.6 Å². The number of hydrogen-bond donors (Lipinski definition) is 1. The normalized spacial score (nSPS) is 10.7. The van der Waals surface area contributed by atoms with Gasteiger partial charge >= 0.3 is 0 Å². The average Bonchev–Trinajstić information content (AvgIpc) is 2.96. The highest BCUT2D eigenvalue weighted by atomic mass is 16.5. The van der Waals surface area contributed by atoms with Gasteiger partial charge in [-0.1, -0.05) is 12.1 Å². The molecule has 1 amide bonds. The summed E-state index contributed by atoms with van der Waals surface area (Å²) in [6, 6.07) is 7.84. The third-order valence-electron chi connectivity index (χ3n) is 3.37. The second-order valence-electron chi connectivity index (χ2n) is 5.38. The summed E-state index contributed by atoms with van der Waals surface area (Å²) >= 11 is 0. The Bertz CT molecular complexity index is 622. The van der Waals surface area contributed by atoms with Crippen LogP contribution in [0.5, 0.6) is 5.75 Å². The smallest absolute Gasteiger partial charge is 0.224 e. The summed E-state index contributed by atoms with van der Waals surface area (Å²) in [6.45, 7) is 4.71. The van der Waals surface area contributed by atoms with E-state index in [1.54, 1.807) is 13.4 Å². The molecule has 2 rings (SSSR count). The molecule has 6 nitrogen and oxygen atoms in total. The van der Waals surface area contributed by atoms with Crippen LogP contribution in [0.2, 0.25) is 0 Å². The Labute approximate surface area is 130 Å². The number of benzene rings is 1. The van der Waals surface area contributed by atoms with Crippen LogP contribution in [0, 0.1) is 0 Å². The Hall–Kier alpha value is -2.37. The third kappa shape index (κ3) is 4.31. The zero-order valence-electron chi connectivity index (χ0n) is 13.2. The van der Waals surface area contributed by atoms with Crippen LogP contribution in [0.4, 0.5) is 0 Å². The lowest BCUT2D eigenvalue weighted by Gasteiger charge is -2.10. The molecule has 0 saturated carbocycles. The lowest BCUT2D eigenvalue weighted by atomic mass is 10.1. The van der Waals surface area contributed by atoms with Crippen molar-refractivity contribution in [3.8, 4) is 5.75 Å². The van der Waals surface area contributed by atoms with Gasteiger partial charge in [0.1, 0.15) is 17.9 Å². The predicted molar refractivity (Wildman–Crippen MR) is 83.8 cm³/mol. The minimum Gasteiger partial charge on any atom is -0.497 e. The first-order valence-corrected chi connectivity index (χ1v) is 7.38. The van der Waals surface area contributed by atoms with Gasteiger partial charge in [-0.2, -0.15) is 0 Å². The molecular formula is C16H22N4O2. The van der Waals surface area contributed by atoms with E-state index in [1.807, 2.05) is 28.8 Å². The van der Waals surface area contributed by atoms with Crippen LogP contribution in [0.25, 0.3) is 0 Å². The number of carbonyl (C=O) groups excluding carboxylic acids is 1. The first-order chi connectivity index (χ1) is 10.6. The Morgan fingerprint density at radius 2 is 2.23 bits per heavy atom. The van der Waals surface area contributed by atoms with Crippen molar-refractivity contribution in [1.82, 2.24) is 20.1 Å². The van der Waals surface area contributed by atoms with Crippen LogP contribution < -0.4 is 10.1 Å². The maximum atomic E-state index is 12.0. The van der Waals surface area contributed by atoms with Gasteiger partial charge in [0.2, 0.25) is 5.91 Å². The standard InChI is InChI=1S/C16H22N4O2/c1-12(2)20-11-18-19-15(20)7-8-17-16(21)10-13-5-4-6-14(9-13)22-3/h4-6,9,11-12H,7-8,10H2,1-3H3,(H,17,21). The number of ether oxygens (including phenoxy) is 1. The van der Waals surface area contributed by atoms with Gasteiger partial charge in [-0.3, -0.25) is 4.79 Å². The van der Waals surface area contributed by atoms with E-state index in [1.165, 1.54) is 0 Å². The van der Waals surface area contributed by atoms with E-state index >= 15 is 0 Å². The van der Waals surface area contributed by atoms with Crippen molar-refractivity contribution >= 4 is 5.91 Å². The van der Waals surface area contributed by atoms with Crippen molar-refractivity contribution in [2.45, 2.75) is 32.7 Å². The van der Waals surface area contributed by atoms with Crippen molar-refractivity contribution in [1.29, 1.82) is 0 Å². The topological polar surface area (TPSA) is 69.0 Å². The molecule has 0 aliphatic carbocycles. The highest BCUT2D eigenvalue weighted by molar-refractivity contribution is 5.78. The van der Waals surface area contributed by atoms with Crippen molar-refractivity contribution in [3.63, 3.8) is 0 Å². The molecule has 6 heteroatoms. The van der Waals surface area contributed by atoms with Crippen LogP contribution in [-0.4, -0.2) is 34.3 Å². The van der Waals surface area contributed by atoms with Gasteiger partial charge in [0.25, 0.3) is 0 Å². The summed E-state index contributed by atoms with van der Waals surface area (Å²) in [5.41, 5.74) is 0.933. The van der Waals surface area contributed by atoms with Gasteiger partial charge in [-0.05, 0) is 31.5 Å². The highest BCUT2D eigenvalue weighted by Gasteiger charge is 2.08. The Morgan fingerprint density at radius 3 is 2.95 bits per heavy atom. The SMILES string of the molecule is COc1cccc(CC(=O)NCCc2nncn2C(C)C)c1. The van der Waals surface area contributed by atoms with E-state index < -0.39 is 0 Å². The molecule has 1 aromatic heterocycles. The predicted octanol–water partition coefficient (Wildman–Crippen LogP) is 1.77. The molecule has 1 heterocycles. The maximum absolute atomic E-state index is 12.0. The zero-order chi connectivity index (χ0) is 15.9. The molecule has 22 heavy (non-hydrogen) atoms. The Kier molecular flexibility index (Phi) is 5.52. The van der Waals surface area contributed by atoms with Crippen LogP contribution >= 0.6 is 0 Å². The second kappa shape index (κ2) is 7.59. The van der Waals surface area contributed by atoms with Crippen molar-refractivity contribution < 1.29 is 9.53 Å². The number of methoxy groups -OCH3 is 1. The van der Waals surface area contributed by atoms with Crippen LogP contribution in [0.1, 0.15) is 31.3 Å². The van der Waals surface area contributed by atoms with Crippen molar-refractivity contribution in [2.75, 3.05) is 13.7 Å². The zero-order valence-corrected chi connectivity index (χ0v) is 13.2. The quantitative estimate of drug-likeness (QED) is 0.846. The molecule has 118 valence electrons. The Morgan fingerprint density at radius 1 is 1.41 bits per heavy atom. The van der Waals surface area contributed by atoms with Gasteiger partial charge in [0, 0.05) is 19.0 Å². The molecule has 0 saturated heterocycles. The van der Waals surface area contributed by atoms with Gasteiger partial charge in [0.05, 0.1) is 13.5 Å². The van der Waals surface area contributed by atoms with Crippen molar-refractivity contribution in [3.05, 3.63) is 42.0 Å². The molecule has 1 N–H and O–H groups in total. The lowest BCUT2D eigenvalue weighted by Crippen LogP contribution is -2.28. The van der Waals surface area contributed by atoms with E-state index in [4.69, 9.17) is 4.74 Å². The minimum atomic E-state index is -0.0103. The van der Waals surface area contributed by atoms with Gasteiger partial charge in [0.15, 0.2) is 0 Å². The molecule has 1 aromatic carbocycles. The number of nitrogens with zero attached hydrogens (tertiary/aromatic N) is 3. The molecule has 0 unspecified atom stereocenters. The van der Waals surface area contributed by atoms with Gasteiger partial charge in [-0.15, -0.1) is 10.2 Å². The van der Waals surface area contributed by atoms with Crippen LogP contribution in [0.3, 0.4) is 0 Å². The van der Waals surface area contributed by atoms with E-state index in [0.29, 0.717) is 25.4 Å². The van der Waals surface area contributed by atoms with E-state index in [0.717, 1.165) is 17.1 Å². The molecule has 0 atom stereocenters. The Balaban J connectivity index is 1.81. The molecule has 2 aromatic rings. The molecular weight excluding hydrogens is 280 g/mol. The number of rotatable bonds is 7.